The van der Waals surface area contributed by atoms with E-state index in [-0.39, 0.29) is 12.2 Å². The third kappa shape index (κ3) is 2.28. The largest absolute Gasteiger partial charge is 0.467 e. The van der Waals surface area contributed by atoms with Gasteiger partial charge in [-0.1, -0.05) is 0 Å². The Kier molecular flexibility index (Phi) is 3.22. The molecule has 0 bridgehead atoms. The standard InChI is InChI=1S/C14H12N2O4/c1-18-9-19-10-3-4-11-12(17)8-14(20-13(11)7-10)16-6-2-5-15-16/h2-8H,9H2,1H3. The second-order valence-electron chi connectivity index (χ2n) is 4.11. The Bertz CT molecular complexity index is 777. The molecule has 0 saturated carbocycles. The van der Waals surface area contributed by atoms with Gasteiger partial charge in [0.05, 0.1) is 5.39 Å². The van der Waals surface area contributed by atoms with Gasteiger partial charge < -0.3 is 13.9 Å². The lowest BCUT2D eigenvalue weighted by Crippen LogP contribution is -2.05. The second kappa shape index (κ2) is 5.18. The molecule has 1 aromatic carbocycles. The lowest BCUT2D eigenvalue weighted by Gasteiger charge is -2.06. The predicted molar refractivity (Wildman–Crippen MR) is 72.1 cm³/mol. The molecule has 0 spiro atoms. The zero-order valence-electron chi connectivity index (χ0n) is 10.8. The molecule has 3 aromatic rings. The summed E-state index contributed by atoms with van der Waals surface area (Å²) in [7, 11) is 1.54. The fourth-order valence-corrected chi connectivity index (χ4v) is 1.85. The zero-order chi connectivity index (χ0) is 13.9. The Morgan fingerprint density at radius 3 is 3.00 bits per heavy atom. The van der Waals surface area contributed by atoms with Crippen LogP contribution in [0.3, 0.4) is 0 Å². The Hall–Kier alpha value is -2.60. The third-order valence-corrected chi connectivity index (χ3v) is 2.76. The van der Waals surface area contributed by atoms with Crippen molar-refractivity contribution in [3.05, 3.63) is 52.9 Å². The van der Waals surface area contributed by atoms with E-state index in [0.717, 1.165) is 0 Å². The van der Waals surface area contributed by atoms with Gasteiger partial charge in [-0.15, -0.1) is 0 Å². The highest BCUT2D eigenvalue weighted by atomic mass is 16.7. The SMILES string of the molecule is COCOc1ccc2c(=O)cc(-n3cccn3)oc2c1. The molecule has 0 aliphatic carbocycles. The number of ether oxygens (including phenoxy) is 2. The van der Waals surface area contributed by atoms with Gasteiger partial charge in [-0.25, -0.2) is 4.68 Å². The zero-order valence-corrected chi connectivity index (χ0v) is 10.8. The molecule has 0 saturated heterocycles. The maximum atomic E-state index is 12.1. The molecule has 0 N–H and O–H groups in total. The van der Waals surface area contributed by atoms with Gasteiger partial charge >= 0.3 is 0 Å². The van der Waals surface area contributed by atoms with Crippen LogP contribution in [0.15, 0.2) is 51.9 Å². The molecule has 0 aliphatic rings. The molecule has 2 aromatic heterocycles. The third-order valence-electron chi connectivity index (χ3n) is 2.76. The topological polar surface area (TPSA) is 66.5 Å². The lowest BCUT2D eigenvalue weighted by molar-refractivity contribution is 0.0512. The average molecular weight is 272 g/mol. The van der Waals surface area contributed by atoms with Gasteiger partial charge in [0.15, 0.2) is 12.2 Å². The molecular formula is C14H12N2O4. The van der Waals surface area contributed by atoms with E-state index < -0.39 is 0 Å². The van der Waals surface area contributed by atoms with Crippen molar-refractivity contribution in [2.75, 3.05) is 13.9 Å². The number of nitrogens with zero attached hydrogens (tertiary/aromatic N) is 2. The molecule has 0 atom stereocenters. The van der Waals surface area contributed by atoms with E-state index in [1.54, 1.807) is 36.7 Å². The van der Waals surface area contributed by atoms with E-state index >= 15 is 0 Å². The molecule has 102 valence electrons. The van der Waals surface area contributed by atoms with Gasteiger partial charge in [-0.2, -0.15) is 5.10 Å². The van der Waals surface area contributed by atoms with Crippen LogP contribution in [0.25, 0.3) is 16.9 Å². The van der Waals surface area contributed by atoms with Gasteiger partial charge in [0.1, 0.15) is 11.3 Å². The molecule has 0 radical (unpaired) electrons. The molecule has 6 nitrogen and oxygen atoms in total. The summed E-state index contributed by atoms with van der Waals surface area (Å²) in [6.07, 6.45) is 3.32. The fraction of sp³-hybridized carbons (Fsp3) is 0.143. The summed E-state index contributed by atoms with van der Waals surface area (Å²) in [6.45, 7) is 0.134. The number of benzene rings is 1. The molecule has 0 unspecified atom stereocenters. The first kappa shape index (κ1) is 12.4. The van der Waals surface area contributed by atoms with Gasteiger partial charge in [0.25, 0.3) is 0 Å². The molecule has 2 heterocycles. The van der Waals surface area contributed by atoms with Gasteiger partial charge in [0.2, 0.25) is 5.88 Å². The fourth-order valence-electron chi connectivity index (χ4n) is 1.85. The molecular weight excluding hydrogens is 260 g/mol. The van der Waals surface area contributed by atoms with Crippen molar-refractivity contribution in [1.82, 2.24) is 9.78 Å². The first-order chi connectivity index (χ1) is 9.78. The van der Waals surface area contributed by atoms with Crippen LogP contribution in [0.1, 0.15) is 0 Å². The second-order valence-corrected chi connectivity index (χ2v) is 4.11. The van der Waals surface area contributed by atoms with Crippen molar-refractivity contribution in [1.29, 1.82) is 0 Å². The Balaban J connectivity index is 2.10. The summed E-state index contributed by atoms with van der Waals surface area (Å²) in [5, 5.41) is 4.53. The van der Waals surface area contributed by atoms with Crippen LogP contribution in [0, 0.1) is 0 Å². The Morgan fingerprint density at radius 2 is 2.25 bits per heavy atom. The molecule has 0 aliphatic heterocycles. The van der Waals surface area contributed by atoms with Crippen LogP contribution >= 0.6 is 0 Å². The number of aromatic nitrogens is 2. The number of fused-ring (bicyclic) bond motifs is 1. The van der Waals surface area contributed by atoms with Gasteiger partial charge in [0, 0.05) is 31.6 Å². The van der Waals surface area contributed by atoms with E-state index in [4.69, 9.17) is 13.9 Å². The van der Waals surface area contributed by atoms with Gasteiger partial charge in [-0.3, -0.25) is 4.79 Å². The molecule has 3 rings (SSSR count). The highest BCUT2D eigenvalue weighted by Gasteiger charge is 2.08. The van der Waals surface area contributed by atoms with Crippen LogP contribution in [-0.2, 0) is 4.74 Å². The number of methoxy groups -OCH3 is 1. The minimum atomic E-state index is -0.130. The van der Waals surface area contributed by atoms with Crippen LogP contribution < -0.4 is 10.2 Å². The van der Waals surface area contributed by atoms with Crippen molar-refractivity contribution in [2.45, 2.75) is 0 Å². The highest BCUT2D eigenvalue weighted by molar-refractivity contribution is 5.78. The lowest BCUT2D eigenvalue weighted by atomic mass is 10.2. The number of hydrogen-bond donors (Lipinski definition) is 0. The maximum Gasteiger partial charge on any atom is 0.224 e. The van der Waals surface area contributed by atoms with Crippen LogP contribution in [0.5, 0.6) is 5.75 Å². The first-order valence-corrected chi connectivity index (χ1v) is 5.97. The summed E-state index contributed by atoms with van der Waals surface area (Å²) < 4.78 is 17.3. The van der Waals surface area contributed by atoms with Crippen molar-refractivity contribution in [2.24, 2.45) is 0 Å². The van der Waals surface area contributed by atoms with E-state index in [2.05, 4.69) is 5.10 Å². The first-order valence-electron chi connectivity index (χ1n) is 5.97. The minimum Gasteiger partial charge on any atom is -0.467 e. The van der Waals surface area contributed by atoms with E-state index in [9.17, 15) is 4.79 Å². The van der Waals surface area contributed by atoms with E-state index in [1.165, 1.54) is 17.9 Å². The van der Waals surface area contributed by atoms with Crippen molar-refractivity contribution in [3.63, 3.8) is 0 Å². The average Bonchev–Trinajstić information content (AvgIpc) is 2.99. The van der Waals surface area contributed by atoms with Crippen LogP contribution in [0.2, 0.25) is 0 Å². The molecule has 6 heteroatoms. The van der Waals surface area contributed by atoms with Crippen molar-refractivity contribution in [3.8, 4) is 11.6 Å². The molecule has 20 heavy (non-hydrogen) atoms. The predicted octanol–water partition coefficient (Wildman–Crippen LogP) is 1.96. The molecule has 0 fully saturated rings. The van der Waals surface area contributed by atoms with Gasteiger partial charge in [-0.05, 0) is 18.2 Å². The highest BCUT2D eigenvalue weighted by Crippen LogP contribution is 2.20. The summed E-state index contributed by atoms with van der Waals surface area (Å²) in [5.74, 6) is 0.927. The summed E-state index contributed by atoms with van der Waals surface area (Å²) in [4.78, 5) is 12.1. The summed E-state index contributed by atoms with van der Waals surface area (Å²) >= 11 is 0. The van der Waals surface area contributed by atoms with E-state index in [0.29, 0.717) is 22.6 Å². The number of hydrogen-bond acceptors (Lipinski definition) is 5. The van der Waals surface area contributed by atoms with Crippen LogP contribution in [0.4, 0.5) is 0 Å². The quantitative estimate of drug-likeness (QED) is 0.679. The maximum absolute atomic E-state index is 12.1. The molecule has 0 amide bonds. The van der Waals surface area contributed by atoms with E-state index in [1.807, 2.05) is 0 Å². The Labute approximate surface area is 114 Å². The summed E-state index contributed by atoms with van der Waals surface area (Å²) in [5.41, 5.74) is 0.312. The number of rotatable bonds is 4. The summed E-state index contributed by atoms with van der Waals surface area (Å²) in [6, 6.07) is 8.18. The van der Waals surface area contributed by atoms with Crippen molar-refractivity contribution < 1.29 is 13.9 Å². The smallest absolute Gasteiger partial charge is 0.224 e. The minimum absolute atomic E-state index is 0.130. The normalized spacial score (nSPS) is 10.8. The monoisotopic (exact) mass is 272 g/mol. The Morgan fingerprint density at radius 1 is 1.35 bits per heavy atom. The van der Waals surface area contributed by atoms with Crippen molar-refractivity contribution >= 4 is 11.0 Å². The van der Waals surface area contributed by atoms with Crippen LogP contribution in [-0.4, -0.2) is 23.7 Å².